The van der Waals surface area contributed by atoms with Crippen LogP contribution in [0.3, 0.4) is 0 Å². The molecule has 0 heterocycles. The van der Waals surface area contributed by atoms with Crippen LogP contribution in [-0.4, -0.2) is 14.4 Å². The van der Waals surface area contributed by atoms with Gasteiger partial charge in [-0.3, -0.25) is 0 Å². The van der Waals surface area contributed by atoms with E-state index in [-0.39, 0.29) is 16.6 Å². The first-order chi connectivity index (χ1) is 10.5. The summed E-state index contributed by atoms with van der Waals surface area (Å²) in [5, 5.41) is 0.244. The molecule has 0 bridgehead atoms. The fourth-order valence-electron chi connectivity index (χ4n) is 2.20. The van der Waals surface area contributed by atoms with Crippen molar-refractivity contribution in [2.75, 3.05) is 0 Å². The number of hydrogen-bond donors (Lipinski definition) is 0. The van der Waals surface area contributed by atoms with Crippen LogP contribution >= 0.6 is 0 Å². The Morgan fingerprint density at radius 3 is 2.17 bits per heavy atom. The molecular weight excluding hydrogens is 296 g/mol. The van der Waals surface area contributed by atoms with Gasteiger partial charge in [-0.1, -0.05) is 65.0 Å². The first-order valence-corrected chi connectivity index (χ1v) is 11.5. The normalized spacial score (nSPS) is 14.1. The Kier molecular flexibility index (Phi) is 6.65. The zero-order valence-electron chi connectivity index (χ0n) is 16.2. The van der Waals surface area contributed by atoms with Crippen molar-refractivity contribution >= 4 is 8.32 Å². The van der Waals surface area contributed by atoms with Crippen molar-refractivity contribution in [3.05, 3.63) is 53.8 Å². The van der Waals surface area contributed by atoms with Crippen LogP contribution in [0.25, 0.3) is 0 Å². The Bertz CT molecular complexity index is 543. The van der Waals surface area contributed by atoms with E-state index in [0.717, 1.165) is 6.42 Å². The maximum Gasteiger partial charge on any atom is 0.192 e. The van der Waals surface area contributed by atoms with Crippen molar-refractivity contribution in [3.8, 4) is 0 Å². The topological polar surface area (TPSA) is 9.23 Å². The molecule has 0 aromatic heterocycles. The number of benzene rings is 1. The van der Waals surface area contributed by atoms with E-state index in [4.69, 9.17) is 4.43 Å². The highest BCUT2D eigenvalue weighted by molar-refractivity contribution is 6.74. The third-order valence-electron chi connectivity index (χ3n) is 4.90. The minimum atomic E-state index is -1.70. The van der Waals surface area contributed by atoms with Gasteiger partial charge in [0.15, 0.2) is 8.32 Å². The van der Waals surface area contributed by atoms with Gasteiger partial charge >= 0.3 is 0 Å². The van der Waals surface area contributed by atoms with Crippen LogP contribution in [-0.2, 0) is 9.84 Å². The quantitative estimate of drug-likeness (QED) is 0.428. The van der Waals surface area contributed by atoms with Crippen molar-refractivity contribution in [3.63, 3.8) is 0 Å². The zero-order valence-corrected chi connectivity index (χ0v) is 17.2. The molecule has 0 spiro atoms. The van der Waals surface area contributed by atoms with Crippen molar-refractivity contribution in [1.29, 1.82) is 0 Å². The predicted molar refractivity (Wildman–Crippen MR) is 104 cm³/mol. The second kappa shape index (κ2) is 7.66. The Labute approximate surface area is 144 Å². The van der Waals surface area contributed by atoms with Crippen molar-refractivity contribution in [2.45, 2.75) is 77.6 Å². The van der Waals surface area contributed by atoms with E-state index in [1.54, 1.807) is 0 Å². The Hall–Kier alpha value is -1.08. The lowest BCUT2D eigenvalue weighted by Gasteiger charge is -2.37. The van der Waals surface area contributed by atoms with E-state index in [9.17, 15) is 0 Å². The Morgan fingerprint density at radius 1 is 1.09 bits per heavy atom. The van der Waals surface area contributed by atoms with Crippen LogP contribution in [0.5, 0.6) is 0 Å². The minimum absolute atomic E-state index is 0.118. The monoisotopic (exact) mass is 330 g/mol. The van der Waals surface area contributed by atoms with Gasteiger partial charge in [0, 0.05) is 0 Å². The summed E-state index contributed by atoms with van der Waals surface area (Å²) in [5.74, 6) is 0. The highest BCUT2D eigenvalue weighted by Crippen LogP contribution is 2.37. The van der Waals surface area contributed by atoms with Crippen LogP contribution in [0.1, 0.15) is 53.5 Å². The second-order valence-electron chi connectivity index (χ2n) is 8.57. The highest BCUT2D eigenvalue weighted by atomic mass is 28.4. The molecule has 2 heteroatoms. The summed E-state index contributed by atoms with van der Waals surface area (Å²) in [4.78, 5) is 0. The molecule has 1 aromatic rings. The third kappa shape index (κ3) is 6.14. The lowest BCUT2D eigenvalue weighted by Crippen LogP contribution is -2.42. The lowest BCUT2D eigenvalue weighted by molar-refractivity contribution is 0.243. The average Bonchev–Trinajstić information content (AvgIpc) is 2.43. The predicted octanol–water partition coefficient (Wildman–Crippen LogP) is 6.48. The highest BCUT2D eigenvalue weighted by Gasteiger charge is 2.37. The Morgan fingerprint density at radius 2 is 1.65 bits per heavy atom. The molecule has 0 aliphatic heterocycles. The standard InChI is InChI=1S/C21H34OSi/c1-18(22-23(7,8)20(2,3)4)14-12-13-17-21(5,6)19-15-10-9-11-16-19/h9-11,13-16,18H,17H2,1-8H3. The maximum atomic E-state index is 6.32. The fourth-order valence-corrected chi connectivity index (χ4v) is 3.55. The molecule has 0 amide bonds. The van der Waals surface area contributed by atoms with Crippen LogP contribution in [0.2, 0.25) is 18.1 Å². The molecule has 0 aliphatic carbocycles. The van der Waals surface area contributed by atoms with Crippen LogP contribution in [0, 0.1) is 0 Å². The summed E-state index contributed by atoms with van der Waals surface area (Å²) >= 11 is 0. The minimum Gasteiger partial charge on any atom is -0.410 e. The SMILES string of the molecule is CC(C=C=CCC(C)(C)c1ccccc1)O[Si](C)(C)C(C)(C)C. The van der Waals surface area contributed by atoms with Gasteiger partial charge in [0.05, 0.1) is 6.10 Å². The van der Waals surface area contributed by atoms with Gasteiger partial charge in [0.25, 0.3) is 0 Å². The van der Waals surface area contributed by atoms with Gasteiger partial charge in [0.2, 0.25) is 0 Å². The van der Waals surface area contributed by atoms with E-state index in [2.05, 4.69) is 103 Å². The maximum absolute atomic E-state index is 6.32. The van der Waals surface area contributed by atoms with Crippen molar-refractivity contribution in [2.24, 2.45) is 0 Å². The summed E-state index contributed by atoms with van der Waals surface area (Å²) in [6, 6.07) is 10.7. The summed E-state index contributed by atoms with van der Waals surface area (Å²) in [6.45, 7) is 18.1. The molecule has 0 N–H and O–H groups in total. The molecule has 128 valence electrons. The van der Waals surface area contributed by atoms with E-state index in [1.807, 2.05) is 0 Å². The largest absolute Gasteiger partial charge is 0.410 e. The molecule has 1 unspecified atom stereocenters. The summed E-state index contributed by atoms with van der Waals surface area (Å²) in [7, 11) is -1.70. The number of hydrogen-bond acceptors (Lipinski definition) is 1. The molecule has 1 atom stereocenters. The Balaban J connectivity index is 2.65. The summed E-state index contributed by atoms with van der Waals surface area (Å²) in [5.41, 5.74) is 4.83. The molecule has 0 aliphatic rings. The average molecular weight is 331 g/mol. The molecular formula is C21H34OSi. The first kappa shape index (κ1) is 20.0. The molecule has 1 rings (SSSR count). The molecule has 1 nitrogen and oxygen atoms in total. The van der Waals surface area contributed by atoms with Crippen molar-refractivity contribution < 1.29 is 4.43 Å². The molecule has 0 saturated carbocycles. The first-order valence-electron chi connectivity index (χ1n) is 8.60. The molecule has 0 radical (unpaired) electrons. The van der Waals surface area contributed by atoms with Gasteiger partial charge in [-0.15, -0.1) is 5.73 Å². The fraction of sp³-hybridized carbons (Fsp3) is 0.571. The van der Waals surface area contributed by atoms with E-state index in [0.29, 0.717) is 0 Å². The van der Waals surface area contributed by atoms with Gasteiger partial charge < -0.3 is 4.43 Å². The van der Waals surface area contributed by atoms with Gasteiger partial charge in [-0.25, -0.2) is 0 Å². The van der Waals surface area contributed by atoms with E-state index in [1.165, 1.54) is 5.56 Å². The molecule has 0 saturated heterocycles. The van der Waals surface area contributed by atoms with Crippen LogP contribution in [0.4, 0.5) is 0 Å². The van der Waals surface area contributed by atoms with Crippen molar-refractivity contribution in [1.82, 2.24) is 0 Å². The lowest BCUT2D eigenvalue weighted by atomic mass is 9.82. The molecule has 23 heavy (non-hydrogen) atoms. The van der Waals surface area contributed by atoms with Gasteiger partial charge in [-0.2, -0.15) is 0 Å². The number of rotatable bonds is 6. The van der Waals surface area contributed by atoms with Gasteiger partial charge in [0.1, 0.15) is 0 Å². The molecule has 1 aromatic carbocycles. The van der Waals surface area contributed by atoms with Crippen LogP contribution in [0.15, 0.2) is 48.2 Å². The van der Waals surface area contributed by atoms with Crippen LogP contribution < -0.4 is 0 Å². The molecule has 0 fully saturated rings. The third-order valence-corrected chi connectivity index (χ3v) is 9.48. The smallest absolute Gasteiger partial charge is 0.192 e. The van der Waals surface area contributed by atoms with E-state index < -0.39 is 8.32 Å². The summed E-state index contributed by atoms with van der Waals surface area (Å²) in [6.07, 6.45) is 5.28. The summed E-state index contributed by atoms with van der Waals surface area (Å²) < 4.78 is 6.32. The van der Waals surface area contributed by atoms with E-state index >= 15 is 0 Å². The second-order valence-corrected chi connectivity index (χ2v) is 13.3. The van der Waals surface area contributed by atoms with Gasteiger partial charge in [-0.05, 0) is 54.6 Å². The zero-order chi connectivity index (χ0) is 17.7.